The first kappa shape index (κ1) is 15.7. The number of hydrogen-bond donors (Lipinski definition) is 0. The number of carbonyl (C=O) groups excluding carboxylic acids is 2. The van der Waals surface area contributed by atoms with Gasteiger partial charge in [-0.05, 0) is 18.9 Å². The Kier molecular flexibility index (Phi) is 6.60. The van der Waals surface area contributed by atoms with Gasteiger partial charge in [-0.15, -0.1) is 0 Å². The summed E-state index contributed by atoms with van der Waals surface area (Å²) in [7, 11) is 0. The molecule has 1 aliphatic heterocycles. The molecule has 0 radical (unpaired) electrons. The van der Waals surface area contributed by atoms with Crippen LogP contribution in [-0.4, -0.2) is 24.1 Å². The maximum Gasteiger partial charge on any atom is 0.306 e. The van der Waals surface area contributed by atoms with Crippen LogP contribution in [0.5, 0.6) is 0 Å². The van der Waals surface area contributed by atoms with Crippen molar-refractivity contribution in [3.8, 4) is 0 Å². The number of rotatable bonds is 7. The average molecular weight is 268 g/mol. The lowest BCUT2D eigenvalue weighted by Crippen LogP contribution is -2.15. The molecule has 1 rings (SSSR count). The van der Waals surface area contributed by atoms with Crippen LogP contribution >= 0.6 is 0 Å². The van der Waals surface area contributed by atoms with E-state index < -0.39 is 0 Å². The van der Waals surface area contributed by atoms with E-state index in [4.69, 9.17) is 9.47 Å². The van der Waals surface area contributed by atoms with E-state index in [2.05, 4.69) is 6.92 Å². The Morgan fingerprint density at radius 2 is 2.32 bits per heavy atom. The third-order valence-corrected chi connectivity index (χ3v) is 3.28. The van der Waals surface area contributed by atoms with Crippen LogP contribution < -0.4 is 0 Å². The molecule has 0 bridgehead atoms. The van der Waals surface area contributed by atoms with Crippen LogP contribution in [0.4, 0.5) is 0 Å². The molecular weight excluding hydrogens is 244 g/mol. The molecule has 19 heavy (non-hydrogen) atoms. The van der Waals surface area contributed by atoms with Crippen LogP contribution in [0.2, 0.25) is 0 Å². The number of hydrogen-bond acceptors (Lipinski definition) is 4. The number of esters is 2. The summed E-state index contributed by atoms with van der Waals surface area (Å²) in [6, 6.07) is 0. The summed E-state index contributed by atoms with van der Waals surface area (Å²) in [5, 5.41) is 0. The van der Waals surface area contributed by atoms with E-state index in [1.54, 1.807) is 0 Å². The van der Waals surface area contributed by atoms with Crippen molar-refractivity contribution in [2.75, 3.05) is 0 Å². The summed E-state index contributed by atoms with van der Waals surface area (Å²) in [6.07, 6.45) is 7.81. The van der Waals surface area contributed by atoms with Gasteiger partial charge >= 0.3 is 11.9 Å². The second-order valence-electron chi connectivity index (χ2n) is 5.16. The van der Waals surface area contributed by atoms with E-state index >= 15 is 0 Å². The highest BCUT2D eigenvalue weighted by Crippen LogP contribution is 2.24. The van der Waals surface area contributed by atoms with Gasteiger partial charge in [-0.2, -0.15) is 0 Å². The highest BCUT2D eigenvalue weighted by molar-refractivity contribution is 5.72. The van der Waals surface area contributed by atoms with Crippen molar-refractivity contribution in [3.63, 3.8) is 0 Å². The van der Waals surface area contributed by atoms with Crippen molar-refractivity contribution in [3.05, 3.63) is 12.2 Å². The summed E-state index contributed by atoms with van der Waals surface area (Å²) in [5.41, 5.74) is 0. The first-order chi connectivity index (χ1) is 9.02. The third kappa shape index (κ3) is 5.90. The van der Waals surface area contributed by atoms with Gasteiger partial charge in [0.25, 0.3) is 0 Å². The molecule has 0 saturated carbocycles. The Morgan fingerprint density at radius 1 is 1.58 bits per heavy atom. The van der Waals surface area contributed by atoms with Crippen molar-refractivity contribution in [2.45, 2.75) is 65.1 Å². The molecule has 0 aromatic rings. The van der Waals surface area contributed by atoms with Crippen molar-refractivity contribution >= 4 is 11.9 Å². The van der Waals surface area contributed by atoms with Gasteiger partial charge in [0, 0.05) is 19.3 Å². The molecule has 1 aliphatic rings. The molecule has 0 aromatic carbocycles. The third-order valence-electron chi connectivity index (χ3n) is 3.28. The van der Waals surface area contributed by atoms with Gasteiger partial charge in [0.05, 0.1) is 6.42 Å². The van der Waals surface area contributed by atoms with E-state index in [1.807, 2.05) is 19.1 Å². The molecule has 0 N–H and O–H groups in total. The van der Waals surface area contributed by atoms with Crippen LogP contribution in [0.15, 0.2) is 12.2 Å². The van der Waals surface area contributed by atoms with Gasteiger partial charge in [-0.3, -0.25) is 9.59 Å². The summed E-state index contributed by atoms with van der Waals surface area (Å²) < 4.78 is 10.5. The second kappa shape index (κ2) is 7.97. The Balaban J connectivity index is 2.41. The standard InChI is InChI=1S/C15H24O4/c1-4-5-7-13(18-12(3)16)8-6-9-14-11(2)10-15(17)19-14/h6,8,11,13-14H,4-5,7,9-10H2,1-3H3/b8-6-/t11-,13-,14+/m1/s1. The minimum atomic E-state index is -0.258. The first-order valence-corrected chi connectivity index (χ1v) is 7.06. The first-order valence-electron chi connectivity index (χ1n) is 7.06. The van der Waals surface area contributed by atoms with Gasteiger partial charge in [0.15, 0.2) is 0 Å². The van der Waals surface area contributed by atoms with Crippen molar-refractivity contribution in [1.29, 1.82) is 0 Å². The molecule has 108 valence electrons. The monoisotopic (exact) mass is 268 g/mol. The fraction of sp³-hybridized carbons (Fsp3) is 0.733. The lowest BCUT2D eigenvalue weighted by Gasteiger charge is -2.14. The number of unbranched alkanes of at least 4 members (excludes halogenated alkanes) is 1. The maximum atomic E-state index is 11.1. The zero-order chi connectivity index (χ0) is 14.3. The molecule has 4 heteroatoms. The van der Waals surface area contributed by atoms with Crippen molar-refractivity contribution < 1.29 is 19.1 Å². The quantitative estimate of drug-likeness (QED) is 0.526. The number of ether oxygens (including phenoxy) is 2. The molecule has 1 saturated heterocycles. The van der Waals surface area contributed by atoms with Crippen molar-refractivity contribution in [1.82, 2.24) is 0 Å². The minimum absolute atomic E-state index is 0.0343. The SMILES string of the molecule is CCCC[C@H](/C=C\C[C@@H]1OC(=O)C[C@H]1C)OC(C)=O. The Hall–Kier alpha value is -1.32. The van der Waals surface area contributed by atoms with E-state index in [-0.39, 0.29) is 30.1 Å². The van der Waals surface area contributed by atoms with Crippen LogP contribution in [0.3, 0.4) is 0 Å². The normalized spacial score (nSPS) is 24.5. The molecule has 0 unspecified atom stereocenters. The highest BCUT2D eigenvalue weighted by Gasteiger charge is 2.30. The van der Waals surface area contributed by atoms with Gasteiger partial charge in [-0.1, -0.05) is 26.3 Å². The molecule has 1 fully saturated rings. The molecule has 0 aromatic heterocycles. The molecule has 0 aliphatic carbocycles. The summed E-state index contributed by atoms with van der Waals surface area (Å²) in [6.45, 7) is 5.55. The fourth-order valence-corrected chi connectivity index (χ4v) is 2.19. The zero-order valence-corrected chi connectivity index (χ0v) is 12.1. The molecule has 0 amide bonds. The van der Waals surface area contributed by atoms with Gasteiger partial charge in [-0.25, -0.2) is 0 Å². The van der Waals surface area contributed by atoms with Gasteiger partial charge in [0.1, 0.15) is 12.2 Å². The molecule has 1 heterocycles. The summed E-state index contributed by atoms with van der Waals surface area (Å²) in [4.78, 5) is 22.1. The van der Waals surface area contributed by atoms with E-state index in [1.165, 1.54) is 6.92 Å². The topological polar surface area (TPSA) is 52.6 Å². The average Bonchev–Trinajstić information content (AvgIpc) is 2.64. The fourth-order valence-electron chi connectivity index (χ4n) is 2.19. The van der Waals surface area contributed by atoms with Gasteiger partial charge in [0.2, 0.25) is 0 Å². The van der Waals surface area contributed by atoms with Crippen LogP contribution in [0, 0.1) is 5.92 Å². The van der Waals surface area contributed by atoms with E-state index in [0.29, 0.717) is 12.8 Å². The highest BCUT2D eigenvalue weighted by atomic mass is 16.6. The van der Waals surface area contributed by atoms with Gasteiger partial charge < -0.3 is 9.47 Å². The smallest absolute Gasteiger partial charge is 0.306 e. The number of cyclic esters (lactones) is 1. The maximum absolute atomic E-state index is 11.1. The lowest BCUT2D eigenvalue weighted by atomic mass is 10.0. The van der Waals surface area contributed by atoms with E-state index in [0.717, 1.165) is 19.3 Å². The van der Waals surface area contributed by atoms with Crippen LogP contribution in [0.1, 0.15) is 52.9 Å². The molecular formula is C15H24O4. The Morgan fingerprint density at radius 3 is 2.84 bits per heavy atom. The summed E-state index contributed by atoms with van der Waals surface area (Å²) >= 11 is 0. The molecule has 3 atom stereocenters. The number of carbonyl (C=O) groups is 2. The molecule has 0 spiro atoms. The zero-order valence-electron chi connectivity index (χ0n) is 12.1. The minimum Gasteiger partial charge on any atom is -0.462 e. The van der Waals surface area contributed by atoms with E-state index in [9.17, 15) is 9.59 Å². The second-order valence-corrected chi connectivity index (χ2v) is 5.16. The summed E-state index contributed by atoms with van der Waals surface area (Å²) in [5.74, 6) is -0.111. The molecule has 4 nitrogen and oxygen atoms in total. The van der Waals surface area contributed by atoms with Crippen LogP contribution in [0.25, 0.3) is 0 Å². The largest absolute Gasteiger partial charge is 0.462 e. The van der Waals surface area contributed by atoms with Crippen molar-refractivity contribution in [2.24, 2.45) is 5.92 Å². The predicted octanol–water partition coefficient (Wildman–Crippen LogP) is 3.01. The van der Waals surface area contributed by atoms with Crippen LogP contribution in [-0.2, 0) is 19.1 Å². The Labute approximate surface area is 115 Å². The predicted molar refractivity (Wildman–Crippen MR) is 72.5 cm³/mol. The lowest BCUT2D eigenvalue weighted by molar-refractivity contribution is -0.144. The Bertz CT molecular complexity index is 335.